The standard InChI is InChI=1S/C20H20N2O2/c23-20(24-14-4-6-16-5-3-12-21-15-16)10-9-17-11-13-22-19-8-2-1-7-18(17)19/h1-3,5,7-8,11-13,15H,4,6,9-10,14H2. The monoisotopic (exact) mass is 320 g/mol. The molecule has 0 bridgehead atoms. The van der Waals surface area contributed by atoms with Crippen LogP contribution in [0.15, 0.2) is 61.1 Å². The number of aromatic nitrogens is 2. The summed E-state index contributed by atoms with van der Waals surface area (Å²) in [5.74, 6) is -0.151. The molecule has 0 atom stereocenters. The highest BCUT2D eigenvalue weighted by molar-refractivity contribution is 5.82. The molecular weight excluding hydrogens is 300 g/mol. The summed E-state index contributed by atoms with van der Waals surface area (Å²) < 4.78 is 5.32. The van der Waals surface area contributed by atoms with Gasteiger partial charge in [0.2, 0.25) is 0 Å². The summed E-state index contributed by atoms with van der Waals surface area (Å²) in [6, 6.07) is 13.9. The van der Waals surface area contributed by atoms with Crippen LogP contribution in [0.2, 0.25) is 0 Å². The average molecular weight is 320 g/mol. The molecular formula is C20H20N2O2. The van der Waals surface area contributed by atoms with Gasteiger partial charge in [-0.1, -0.05) is 24.3 Å². The molecule has 0 N–H and O–H groups in total. The summed E-state index contributed by atoms with van der Waals surface area (Å²) in [4.78, 5) is 20.3. The van der Waals surface area contributed by atoms with E-state index in [9.17, 15) is 4.79 Å². The molecule has 0 unspecified atom stereocenters. The summed E-state index contributed by atoms with van der Waals surface area (Å²) in [6.07, 6.45) is 8.14. The Bertz CT molecular complexity index is 798. The lowest BCUT2D eigenvalue weighted by atomic mass is 10.0. The highest BCUT2D eigenvalue weighted by atomic mass is 16.5. The molecule has 24 heavy (non-hydrogen) atoms. The predicted molar refractivity (Wildman–Crippen MR) is 93.6 cm³/mol. The Morgan fingerprint density at radius 1 is 1.00 bits per heavy atom. The molecule has 3 rings (SSSR count). The first kappa shape index (κ1) is 16.1. The van der Waals surface area contributed by atoms with Crippen molar-refractivity contribution in [2.45, 2.75) is 25.7 Å². The smallest absolute Gasteiger partial charge is 0.306 e. The van der Waals surface area contributed by atoms with E-state index in [0.29, 0.717) is 19.4 Å². The number of aryl methyl sites for hydroxylation is 2. The van der Waals surface area contributed by atoms with Crippen LogP contribution in [-0.4, -0.2) is 22.5 Å². The third kappa shape index (κ3) is 4.38. The van der Waals surface area contributed by atoms with E-state index in [4.69, 9.17) is 4.74 Å². The minimum Gasteiger partial charge on any atom is -0.466 e. The van der Waals surface area contributed by atoms with E-state index in [-0.39, 0.29) is 5.97 Å². The van der Waals surface area contributed by atoms with Gasteiger partial charge in [-0.3, -0.25) is 14.8 Å². The topological polar surface area (TPSA) is 52.1 Å². The number of carbonyl (C=O) groups excluding carboxylic acids is 1. The number of nitrogens with zero attached hydrogens (tertiary/aromatic N) is 2. The van der Waals surface area contributed by atoms with Crippen LogP contribution in [-0.2, 0) is 22.4 Å². The largest absolute Gasteiger partial charge is 0.466 e. The average Bonchev–Trinajstić information content (AvgIpc) is 2.64. The van der Waals surface area contributed by atoms with Gasteiger partial charge < -0.3 is 4.74 Å². The van der Waals surface area contributed by atoms with Crippen LogP contribution in [0, 0.1) is 0 Å². The van der Waals surface area contributed by atoms with Gasteiger partial charge in [0.15, 0.2) is 0 Å². The SMILES string of the molecule is O=C(CCc1ccnc2ccccc12)OCCCc1cccnc1. The van der Waals surface area contributed by atoms with E-state index in [0.717, 1.165) is 34.9 Å². The maximum Gasteiger partial charge on any atom is 0.306 e. The number of carbonyl (C=O) groups is 1. The summed E-state index contributed by atoms with van der Waals surface area (Å²) in [5.41, 5.74) is 3.25. The minimum atomic E-state index is -0.151. The summed E-state index contributed by atoms with van der Waals surface area (Å²) in [7, 11) is 0. The first-order valence-electron chi connectivity index (χ1n) is 8.20. The molecule has 4 nitrogen and oxygen atoms in total. The molecule has 1 aromatic carbocycles. The van der Waals surface area contributed by atoms with Crippen molar-refractivity contribution >= 4 is 16.9 Å². The fourth-order valence-corrected chi connectivity index (χ4v) is 2.69. The van der Waals surface area contributed by atoms with Crippen molar-refractivity contribution in [1.29, 1.82) is 0 Å². The number of pyridine rings is 2. The Kier molecular flexibility index (Phi) is 5.51. The highest BCUT2D eigenvalue weighted by Crippen LogP contribution is 2.17. The van der Waals surface area contributed by atoms with E-state index in [1.807, 2.05) is 48.7 Å². The van der Waals surface area contributed by atoms with Crippen molar-refractivity contribution in [2.75, 3.05) is 6.61 Å². The number of fused-ring (bicyclic) bond motifs is 1. The molecule has 2 aromatic heterocycles. The van der Waals surface area contributed by atoms with E-state index in [2.05, 4.69) is 9.97 Å². The van der Waals surface area contributed by atoms with E-state index in [1.165, 1.54) is 0 Å². The van der Waals surface area contributed by atoms with Gasteiger partial charge in [-0.05, 0) is 48.6 Å². The molecule has 0 saturated carbocycles. The van der Waals surface area contributed by atoms with Crippen molar-refractivity contribution in [3.63, 3.8) is 0 Å². The molecule has 0 amide bonds. The molecule has 4 heteroatoms. The van der Waals surface area contributed by atoms with Gasteiger partial charge in [-0.25, -0.2) is 0 Å². The Morgan fingerprint density at radius 3 is 2.79 bits per heavy atom. The zero-order valence-electron chi connectivity index (χ0n) is 13.5. The normalized spacial score (nSPS) is 10.7. The maximum atomic E-state index is 11.9. The first-order chi connectivity index (χ1) is 11.8. The van der Waals surface area contributed by atoms with E-state index >= 15 is 0 Å². The molecule has 0 fully saturated rings. The van der Waals surface area contributed by atoms with Gasteiger partial charge in [-0.2, -0.15) is 0 Å². The van der Waals surface area contributed by atoms with E-state index < -0.39 is 0 Å². The van der Waals surface area contributed by atoms with Crippen LogP contribution in [0.25, 0.3) is 10.9 Å². The number of hydrogen-bond donors (Lipinski definition) is 0. The zero-order valence-corrected chi connectivity index (χ0v) is 13.5. The lowest BCUT2D eigenvalue weighted by Gasteiger charge is -2.07. The number of rotatable bonds is 7. The van der Waals surface area contributed by atoms with Crippen LogP contribution in [0.5, 0.6) is 0 Å². The molecule has 0 radical (unpaired) electrons. The third-order valence-electron chi connectivity index (χ3n) is 3.93. The van der Waals surface area contributed by atoms with Gasteiger partial charge in [0.25, 0.3) is 0 Å². The van der Waals surface area contributed by atoms with Crippen LogP contribution < -0.4 is 0 Å². The first-order valence-corrected chi connectivity index (χ1v) is 8.20. The van der Waals surface area contributed by atoms with Gasteiger partial charge in [-0.15, -0.1) is 0 Å². The van der Waals surface area contributed by atoms with Gasteiger partial charge in [0.05, 0.1) is 12.1 Å². The fourth-order valence-electron chi connectivity index (χ4n) is 2.69. The summed E-state index contributed by atoms with van der Waals surface area (Å²) in [6.45, 7) is 0.449. The van der Waals surface area contributed by atoms with E-state index in [1.54, 1.807) is 12.4 Å². The van der Waals surface area contributed by atoms with Gasteiger partial charge >= 0.3 is 5.97 Å². The molecule has 0 aliphatic carbocycles. The predicted octanol–water partition coefficient (Wildman–Crippen LogP) is 3.74. The van der Waals surface area contributed by atoms with Crippen LogP contribution in [0.4, 0.5) is 0 Å². The van der Waals surface area contributed by atoms with Crippen LogP contribution in [0.3, 0.4) is 0 Å². The number of esters is 1. The quantitative estimate of drug-likeness (QED) is 0.491. The van der Waals surface area contributed by atoms with Crippen LogP contribution in [0.1, 0.15) is 24.0 Å². The highest BCUT2D eigenvalue weighted by Gasteiger charge is 2.07. The number of benzene rings is 1. The lowest BCUT2D eigenvalue weighted by molar-refractivity contribution is -0.143. The lowest BCUT2D eigenvalue weighted by Crippen LogP contribution is -2.08. The van der Waals surface area contributed by atoms with Gasteiger partial charge in [0.1, 0.15) is 0 Å². The molecule has 0 aliphatic rings. The fraction of sp³-hybridized carbons (Fsp3) is 0.250. The number of para-hydroxylation sites is 1. The Labute approximate surface area is 141 Å². The molecule has 0 spiro atoms. The Hall–Kier alpha value is -2.75. The van der Waals surface area contributed by atoms with Gasteiger partial charge in [0, 0.05) is 30.4 Å². The van der Waals surface area contributed by atoms with Crippen LogP contribution >= 0.6 is 0 Å². The summed E-state index contributed by atoms with van der Waals surface area (Å²) in [5, 5.41) is 1.10. The van der Waals surface area contributed by atoms with Crippen molar-refractivity contribution in [2.24, 2.45) is 0 Å². The third-order valence-corrected chi connectivity index (χ3v) is 3.93. The molecule has 0 saturated heterocycles. The second-order valence-corrected chi connectivity index (χ2v) is 5.67. The maximum absolute atomic E-state index is 11.9. The molecule has 122 valence electrons. The Morgan fingerprint density at radius 2 is 1.92 bits per heavy atom. The number of hydrogen-bond acceptors (Lipinski definition) is 4. The minimum absolute atomic E-state index is 0.151. The van der Waals surface area contributed by atoms with Crippen molar-refractivity contribution in [1.82, 2.24) is 9.97 Å². The molecule has 3 aromatic rings. The number of ether oxygens (including phenoxy) is 1. The van der Waals surface area contributed by atoms with Crippen molar-refractivity contribution in [3.05, 3.63) is 72.2 Å². The molecule has 2 heterocycles. The zero-order chi connectivity index (χ0) is 16.6. The van der Waals surface area contributed by atoms with Crippen molar-refractivity contribution in [3.8, 4) is 0 Å². The second kappa shape index (κ2) is 8.20. The molecule has 0 aliphatic heterocycles. The summed E-state index contributed by atoms with van der Waals surface area (Å²) >= 11 is 0. The second-order valence-electron chi connectivity index (χ2n) is 5.67. The Balaban J connectivity index is 1.44. The van der Waals surface area contributed by atoms with Crippen molar-refractivity contribution < 1.29 is 9.53 Å².